The molecule has 1 N–H and O–H groups in total. The van der Waals surface area contributed by atoms with Gasteiger partial charge in [-0.15, -0.1) is 22.7 Å². The van der Waals surface area contributed by atoms with E-state index in [-0.39, 0.29) is 18.0 Å². The largest absolute Gasteiger partial charge is 0.333 e. The van der Waals surface area contributed by atoms with Gasteiger partial charge in [-0.2, -0.15) is 5.26 Å². The molecular weight excluding hydrogens is 440 g/mol. The van der Waals surface area contributed by atoms with Crippen molar-refractivity contribution in [3.8, 4) is 16.6 Å². The van der Waals surface area contributed by atoms with Crippen LogP contribution in [0.1, 0.15) is 53.2 Å². The highest BCUT2D eigenvalue weighted by molar-refractivity contribution is 7.16. The summed E-state index contributed by atoms with van der Waals surface area (Å²) in [4.78, 5) is 29.9. The first-order valence-corrected chi connectivity index (χ1v) is 12.5. The molecule has 3 aromatic heterocycles. The molecule has 1 amide bonds. The molecule has 9 heteroatoms. The molecule has 0 spiro atoms. The summed E-state index contributed by atoms with van der Waals surface area (Å²) in [5, 5.41) is 16.1. The number of carbonyl (C=O) groups excluding carboxylic acids is 1. The zero-order valence-electron chi connectivity index (χ0n) is 18.0. The number of hydrogen-bond acceptors (Lipinski definition) is 8. The monoisotopic (exact) mass is 464 g/mol. The number of anilines is 2. The van der Waals surface area contributed by atoms with Crippen molar-refractivity contribution in [2.45, 2.75) is 58.0 Å². The number of pyridine rings is 1. The highest BCUT2D eigenvalue weighted by Gasteiger charge is 2.43. The number of aryl methyl sites for hydroxylation is 2. The van der Waals surface area contributed by atoms with Crippen LogP contribution in [0.3, 0.4) is 0 Å². The molecule has 164 valence electrons. The molecule has 0 unspecified atom stereocenters. The number of hydrogen-bond donors (Lipinski definition) is 1. The van der Waals surface area contributed by atoms with Crippen molar-refractivity contribution in [3.63, 3.8) is 0 Å². The number of fused-ring (bicyclic) bond motifs is 2. The van der Waals surface area contributed by atoms with Crippen LogP contribution in [-0.4, -0.2) is 37.8 Å². The lowest BCUT2D eigenvalue weighted by atomic mass is 9.88. The number of nitriles is 1. The molecular formula is C23H24N6OS2. The van der Waals surface area contributed by atoms with Gasteiger partial charge in [0.15, 0.2) is 5.13 Å². The summed E-state index contributed by atoms with van der Waals surface area (Å²) in [7, 11) is 0. The first kappa shape index (κ1) is 21.0. The van der Waals surface area contributed by atoms with E-state index in [1.165, 1.54) is 11.3 Å². The molecule has 2 aliphatic rings. The van der Waals surface area contributed by atoms with Crippen LogP contribution in [0.15, 0.2) is 23.7 Å². The number of piperidine rings is 1. The Morgan fingerprint density at radius 2 is 2.03 bits per heavy atom. The number of thiazole rings is 2. The third-order valence-corrected chi connectivity index (χ3v) is 8.18. The highest BCUT2D eigenvalue weighted by Crippen LogP contribution is 2.40. The van der Waals surface area contributed by atoms with Crippen LogP contribution >= 0.6 is 22.7 Å². The Labute approximate surface area is 195 Å². The van der Waals surface area contributed by atoms with Gasteiger partial charge in [-0.3, -0.25) is 4.79 Å². The molecule has 0 aromatic carbocycles. The van der Waals surface area contributed by atoms with E-state index in [9.17, 15) is 4.79 Å². The van der Waals surface area contributed by atoms with Gasteiger partial charge in [-0.05, 0) is 57.6 Å². The SMILES string of the molecule is Cc1nc(C)c(-c2csc(Nc3ccc(C(=O)N4[C@@H]5CC[C@H]4C[C@@H](CC#N)C5)cn3)n2)s1. The standard InChI is InChI=1S/C23H24N6OS2/c1-13-21(32-14(2)26-13)19-12-31-23(27-19)28-20-6-3-16(11-25-20)22(30)29-17-4-5-18(29)10-15(9-17)7-8-24/h3,6,11-12,15,17-18H,4-5,7,9-10H2,1-2H3,(H,25,27,28)/t15-,17+,18-. The summed E-state index contributed by atoms with van der Waals surface area (Å²) in [5.74, 6) is 1.14. The average Bonchev–Trinajstić information content (AvgIpc) is 3.44. The van der Waals surface area contributed by atoms with E-state index < -0.39 is 0 Å². The minimum absolute atomic E-state index is 0.0551. The minimum atomic E-state index is 0.0551. The molecule has 0 saturated carbocycles. The maximum Gasteiger partial charge on any atom is 0.255 e. The molecule has 0 radical (unpaired) electrons. The zero-order chi connectivity index (χ0) is 22.2. The van der Waals surface area contributed by atoms with Gasteiger partial charge in [-0.1, -0.05) is 0 Å². The van der Waals surface area contributed by atoms with Gasteiger partial charge in [0.05, 0.1) is 32.9 Å². The van der Waals surface area contributed by atoms with E-state index >= 15 is 0 Å². The summed E-state index contributed by atoms with van der Waals surface area (Å²) in [5.41, 5.74) is 2.53. The van der Waals surface area contributed by atoms with Gasteiger partial charge in [0.1, 0.15) is 5.82 Å². The zero-order valence-corrected chi connectivity index (χ0v) is 19.7. The Hall–Kier alpha value is -2.83. The van der Waals surface area contributed by atoms with Crippen LogP contribution in [0.4, 0.5) is 10.9 Å². The Morgan fingerprint density at radius 3 is 2.66 bits per heavy atom. The van der Waals surface area contributed by atoms with Crippen LogP contribution in [-0.2, 0) is 0 Å². The summed E-state index contributed by atoms with van der Waals surface area (Å²) >= 11 is 3.17. The van der Waals surface area contributed by atoms with E-state index in [0.717, 1.165) is 52.1 Å². The van der Waals surface area contributed by atoms with Crippen molar-refractivity contribution in [2.75, 3.05) is 5.32 Å². The minimum Gasteiger partial charge on any atom is -0.333 e. The van der Waals surface area contributed by atoms with Crippen LogP contribution < -0.4 is 5.32 Å². The van der Waals surface area contributed by atoms with Gasteiger partial charge in [0, 0.05) is 30.1 Å². The Morgan fingerprint density at radius 1 is 1.25 bits per heavy atom. The maximum atomic E-state index is 13.2. The summed E-state index contributed by atoms with van der Waals surface area (Å²) in [6.45, 7) is 4.00. The molecule has 5 rings (SSSR count). The summed E-state index contributed by atoms with van der Waals surface area (Å²) in [6, 6.07) is 6.48. The molecule has 0 aliphatic carbocycles. The van der Waals surface area contributed by atoms with Crippen molar-refractivity contribution >= 4 is 39.5 Å². The second-order valence-corrected chi connectivity index (χ2v) is 10.6. The van der Waals surface area contributed by atoms with Crippen molar-refractivity contribution in [1.29, 1.82) is 5.26 Å². The number of amides is 1. The Bertz CT molecular complexity index is 1160. The third kappa shape index (κ3) is 4.00. The number of nitrogens with zero attached hydrogens (tertiary/aromatic N) is 5. The van der Waals surface area contributed by atoms with Crippen LogP contribution in [0, 0.1) is 31.1 Å². The normalized spacial score (nSPS) is 22.0. The maximum absolute atomic E-state index is 13.2. The first-order chi connectivity index (χ1) is 15.5. The van der Waals surface area contributed by atoms with Crippen molar-refractivity contribution in [1.82, 2.24) is 19.9 Å². The van der Waals surface area contributed by atoms with Gasteiger partial charge in [0.25, 0.3) is 5.91 Å². The van der Waals surface area contributed by atoms with Gasteiger partial charge < -0.3 is 10.2 Å². The molecule has 2 aliphatic heterocycles. The molecule has 32 heavy (non-hydrogen) atoms. The fourth-order valence-corrected chi connectivity index (χ4v) is 6.64. The first-order valence-electron chi connectivity index (χ1n) is 10.8. The second kappa shape index (κ2) is 8.60. The molecule has 7 nitrogen and oxygen atoms in total. The lowest BCUT2D eigenvalue weighted by Gasteiger charge is -2.38. The van der Waals surface area contributed by atoms with Gasteiger partial charge in [0.2, 0.25) is 0 Å². The van der Waals surface area contributed by atoms with Crippen molar-refractivity contribution < 1.29 is 4.79 Å². The second-order valence-electron chi connectivity index (χ2n) is 8.54. The van der Waals surface area contributed by atoms with E-state index in [0.29, 0.717) is 23.7 Å². The average molecular weight is 465 g/mol. The molecule has 2 bridgehead atoms. The van der Waals surface area contributed by atoms with Gasteiger partial charge >= 0.3 is 0 Å². The lowest BCUT2D eigenvalue weighted by Crippen LogP contribution is -2.46. The van der Waals surface area contributed by atoms with E-state index in [1.54, 1.807) is 17.5 Å². The third-order valence-electron chi connectivity index (χ3n) is 6.33. The number of rotatable bonds is 5. The molecule has 5 heterocycles. The summed E-state index contributed by atoms with van der Waals surface area (Å²) in [6.07, 6.45) is 6.20. The van der Waals surface area contributed by atoms with E-state index in [4.69, 9.17) is 5.26 Å². The predicted molar refractivity (Wildman–Crippen MR) is 126 cm³/mol. The van der Waals surface area contributed by atoms with E-state index in [1.807, 2.05) is 36.3 Å². The molecule has 3 atom stereocenters. The van der Waals surface area contributed by atoms with Crippen LogP contribution in [0.5, 0.6) is 0 Å². The Kier molecular flexibility index (Phi) is 5.66. The molecule has 3 aromatic rings. The van der Waals surface area contributed by atoms with Crippen LogP contribution in [0.25, 0.3) is 10.6 Å². The quantitative estimate of drug-likeness (QED) is 0.549. The number of carbonyl (C=O) groups is 1. The molecule has 2 fully saturated rings. The number of nitrogens with one attached hydrogen (secondary N) is 1. The van der Waals surface area contributed by atoms with E-state index in [2.05, 4.69) is 26.3 Å². The smallest absolute Gasteiger partial charge is 0.255 e. The molecule has 2 saturated heterocycles. The lowest BCUT2D eigenvalue weighted by molar-refractivity contribution is 0.0527. The van der Waals surface area contributed by atoms with Gasteiger partial charge in [-0.25, -0.2) is 15.0 Å². The highest BCUT2D eigenvalue weighted by atomic mass is 32.1. The van der Waals surface area contributed by atoms with Crippen molar-refractivity contribution in [3.05, 3.63) is 40.0 Å². The topological polar surface area (TPSA) is 94.8 Å². The summed E-state index contributed by atoms with van der Waals surface area (Å²) < 4.78 is 0. The van der Waals surface area contributed by atoms with Crippen molar-refractivity contribution in [2.24, 2.45) is 5.92 Å². The van der Waals surface area contributed by atoms with Crippen LogP contribution in [0.2, 0.25) is 0 Å². The fraction of sp³-hybridized carbons (Fsp3) is 0.435. The Balaban J connectivity index is 1.26. The fourth-order valence-electron chi connectivity index (χ4n) is 4.97. The number of aromatic nitrogens is 3. The predicted octanol–water partition coefficient (Wildman–Crippen LogP) is 5.32.